The first kappa shape index (κ1) is 13.5. The summed E-state index contributed by atoms with van der Waals surface area (Å²) in [5, 5.41) is 7.26. The second-order valence-corrected chi connectivity index (χ2v) is 4.97. The first-order chi connectivity index (χ1) is 10.1. The molecular weight excluding hydrogens is 270 g/mol. The fourth-order valence-corrected chi connectivity index (χ4v) is 2.36. The number of nitrogens with zero attached hydrogens (tertiary/aromatic N) is 2. The first-order valence-electron chi connectivity index (χ1n) is 6.85. The van der Waals surface area contributed by atoms with Crippen LogP contribution in [0.3, 0.4) is 0 Å². The van der Waals surface area contributed by atoms with Crippen LogP contribution in [0, 0.1) is 13.8 Å². The van der Waals surface area contributed by atoms with Crippen molar-refractivity contribution < 1.29 is 14.1 Å². The third kappa shape index (κ3) is 2.69. The summed E-state index contributed by atoms with van der Waals surface area (Å²) in [7, 11) is 0. The van der Waals surface area contributed by atoms with Crippen LogP contribution in [0.2, 0.25) is 0 Å². The highest BCUT2D eigenvalue weighted by Gasteiger charge is 2.23. The first-order valence-corrected chi connectivity index (χ1v) is 6.85. The summed E-state index contributed by atoms with van der Waals surface area (Å²) < 4.78 is 10.1. The number of nitrogens with one attached hydrogen (secondary N) is 1. The minimum atomic E-state index is -0.294. The fourth-order valence-electron chi connectivity index (χ4n) is 2.36. The SMILES string of the molecule is Cc1noc(C)c1CNc1cccc(N2CCOC2=O)c1. The van der Waals surface area contributed by atoms with E-state index < -0.39 is 0 Å². The normalized spacial score (nSPS) is 14.4. The van der Waals surface area contributed by atoms with Gasteiger partial charge in [0.15, 0.2) is 0 Å². The fraction of sp³-hybridized carbons (Fsp3) is 0.333. The van der Waals surface area contributed by atoms with Crippen molar-refractivity contribution in [3.63, 3.8) is 0 Å². The smallest absolute Gasteiger partial charge is 0.414 e. The maximum absolute atomic E-state index is 11.6. The number of aryl methyl sites for hydroxylation is 2. The summed E-state index contributed by atoms with van der Waals surface area (Å²) >= 11 is 0. The van der Waals surface area contributed by atoms with Gasteiger partial charge in [0, 0.05) is 23.5 Å². The summed E-state index contributed by atoms with van der Waals surface area (Å²) in [6.45, 7) is 5.48. The number of ether oxygens (including phenoxy) is 1. The molecule has 0 spiro atoms. The lowest BCUT2D eigenvalue weighted by Gasteiger charge is -2.14. The van der Waals surface area contributed by atoms with Crippen LogP contribution in [0.25, 0.3) is 0 Å². The van der Waals surface area contributed by atoms with Crippen molar-refractivity contribution in [1.82, 2.24) is 5.16 Å². The quantitative estimate of drug-likeness (QED) is 0.936. The number of amides is 1. The molecule has 1 aromatic heterocycles. The van der Waals surface area contributed by atoms with Crippen molar-refractivity contribution in [3.05, 3.63) is 41.3 Å². The summed E-state index contributed by atoms with van der Waals surface area (Å²) in [4.78, 5) is 13.2. The molecule has 1 aliphatic rings. The monoisotopic (exact) mass is 287 g/mol. The third-order valence-electron chi connectivity index (χ3n) is 3.57. The summed E-state index contributed by atoms with van der Waals surface area (Å²) in [5.41, 5.74) is 3.72. The van der Waals surface area contributed by atoms with E-state index in [2.05, 4.69) is 10.5 Å². The van der Waals surface area contributed by atoms with Crippen molar-refractivity contribution in [3.8, 4) is 0 Å². The molecule has 0 aliphatic carbocycles. The molecule has 0 bridgehead atoms. The van der Waals surface area contributed by atoms with E-state index in [0.717, 1.165) is 28.4 Å². The Morgan fingerprint density at radius 2 is 2.24 bits per heavy atom. The summed E-state index contributed by atoms with van der Waals surface area (Å²) in [5.74, 6) is 0.819. The van der Waals surface area contributed by atoms with Gasteiger partial charge in [0.25, 0.3) is 0 Å². The molecule has 0 atom stereocenters. The van der Waals surface area contributed by atoms with E-state index in [1.165, 1.54) is 0 Å². The van der Waals surface area contributed by atoms with Crippen LogP contribution in [-0.2, 0) is 11.3 Å². The van der Waals surface area contributed by atoms with Crippen LogP contribution in [0.4, 0.5) is 16.2 Å². The van der Waals surface area contributed by atoms with Crippen LogP contribution >= 0.6 is 0 Å². The molecule has 110 valence electrons. The molecule has 21 heavy (non-hydrogen) atoms. The molecule has 1 saturated heterocycles. The lowest BCUT2D eigenvalue weighted by atomic mass is 10.2. The minimum absolute atomic E-state index is 0.294. The van der Waals surface area contributed by atoms with Crippen molar-refractivity contribution in [2.75, 3.05) is 23.4 Å². The van der Waals surface area contributed by atoms with Crippen LogP contribution < -0.4 is 10.2 Å². The number of aromatic nitrogens is 1. The third-order valence-corrected chi connectivity index (χ3v) is 3.57. The van der Waals surface area contributed by atoms with Gasteiger partial charge < -0.3 is 14.6 Å². The van der Waals surface area contributed by atoms with E-state index in [4.69, 9.17) is 9.26 Å². The van der Waals surface area contributed by atoms with Gasteiger partial charge >= 0.3 is 6.09 Å². The maximum Gasteiger partial charge on any atom is 0.414 e. The molecule has 1 amide bonds. The number of hydrogen-bond donors (Lipinski definition) is 1. The highest BCUT2D eigenvalue weighted by Crippen LogP contribution is 2.23. The molecule has 6 heteroatoms. The molecule has 1 N–H and O–H groups in total. The number of cyclic esters (lactones) is 1. The Balaban J connectivity index is 1.73. The zero-order valence-corrected chi connectivity index (χ0v) is 12.0. The van der Waals surface area contributed by atoms with Crippen molar-refractivity contribution >= 4 is 17.5 Å². The number of benzene rings is 1. The van der Waals surface area contributed by atoms with Crippen molar-refractivity contribution in [2.24, 2.45) is 0 Å². The van der Waals surface area contributed by atoms with Crippen LogP contribution in [0.5, 0.6) is 0 Å². The highest BCUT2D eigenvalue weighted by molar-refractivity contribution is 5.89. The van der Waals surface area contributed by atoms with E-state index in [1.807, 2.05) is 38.1 Å². The van der Waals surface area contributed by atoms with Gasteiger partial charge in [-0.1, -0.05) is 11.2 Å². The number of rotatable bonds is 4. The van der Waals surface area contributed by atoms with E-state index >= 15 is 0 Å². The Morgan fingerprint density at radius 3 is 2.90 bits per heavy atom. The molecule has 1 aliphatic heterocycles. The Morgan fingerprint density at radius 1 is 1.38 bits per heavy atom. The Kier molecular flexibility index (Phi) is 3.51. The second-order valence-electron chi connectivity index (χ2n) is 4.97. The number of anilines is 2. The van der Waals surface area contributed by atoms with Gasteiger partial charge in [0.2, 0.25) is 0 Å². The van der Waals surface area contributed by atoms with Gasteiger partial charge in [0.05, 0.1) is 12.2 Å². The average molecular weight is 287 g/mol. The Hall–Kier alpha value is -2.50. The van der Waals surface area contributed by atoms with Crippen molar-refractivity contribution in [1.29, 1.82) is 0 Å². The van der Waals surface area contributed by atoms with Crippen molar-refractivity contribution in [2.45, 2.75) is 20.4 Å². The summed E-state index contributed by atoms with van der Waals surface area (Å²) in [6.07, 6.45) is -0.294. The molecule has 0 saturated carbocycles. The van der Waals surface area contributed by atoms with E-state index in [1.54, 1.807) is 4.90 Å². The lowest BCUT2D eigenvalue weighted by Crippen LogP contribution is -2.23. The molecule has 0 radical (unpaired) electrons. The zero-order chi connectivity index (χ0) is 14.8. The molecule has 1 fully saturated rings. The van der Waals surface area contributed by atoms with Gasteiger partial charge in [-0.15, -0.1) is 0 Å². The predicted octanol–water partition coefficient (Wildman–Crippen LogP) is 2.86. The predicted molar refractivity (Wildman–Crippen MR) is 78.4 cm³/mol. The van der Waals surface area contributed by atoms with Crippen LogP contribution in [0.1, 0.15) is 17.0 Å². The van der Waals surface area contributed by atoms with Crippen LogP contribution in [0.15, 0.2) is 28.8 Å². The Bertz CT molecular complexity index is 646. The summed E-state index contributed by atoms with van der Waals surface area (Å²) in [6, 6.07) is 7.71. The van der Waals surface area contributed by atoms with E-state index in [-0.39, 0.29) is 6.09 Å². The van der Waals surface area contributed by atoms with Gasteiger partial charge in [-0.2, -0.15) is 0 Å². The lowest BCUT2D eigenvalue weighted by molar-refractivity contribution is 0.181. The molecule has 2 heterocycles. The number of carbonyl (C=O) groups is 1. The maximum atomic E-state index is 11.6. The standard InChI is InChI=1S/C15H17N3O3/c1-10-14(11(2)21-17-10)9-16-12-4-3-5-13(8-12)18-6-7-20-15(18)19/h3-5,8,16H,6-7,9H2,1-2H3. The van der Waals surface area contributed by atoms with E-state index in [0.29, 0.717) is 19.7 Å². The Labute approximate surface area is 122 Å². The molecule has 0 unspecified atom stereocenters. The van der Waals surface area contributed by atoms with Gasteiger partial charge in [-0.3, -0.25) is 4.90 Å². The number of hydrogen-bond acceptors (Lipinski definition) is 5. The van der Waals surface area contributed by atoms with Gasteiger partial charge in [0.1, 0.15) is 12.4 Å². The number of carbonyl (C=O) groups excluding carboxylic acids is 1. The van der Waals surface area contributed by atoms with E-state index in [9.17, 15) is 4.79 Å². The second kappa shape index (κ2) is 5.47. The van der Waals surface area contributed by atoms with Crippen LogP contribution in [-0.4, -0.2) is 24.4 Å². The van der Waals surface area contributed by atoms with Gasteiger partial charge in [-0.25, -0.2) is 4.79 Å². The zero-order valence-electron chi connectivity index (χ0n) is 12.0. The topological polar surface area (TPSA) is 67.6 Å². The largest absolute Gasteiger partial charge is 0.447 e. The average Bonchev–Trinajstić information content (AvgIpc) is 3.04. The minimum Gasteiger partial charge on any atom is -0.447 e. The molecule has 3 rings (SSSR count). The highest BCUT2D eigenvalue weighted by atomic mass is 16.6. The molecular formula is C15H17N3O3. The molecule has 2 aromatic rings. The van der Waals surface area contributed by atoms with Gasteiger partial charge in [-0.05, 0) is 32.0 Å². The molecule has 1 aromatic carbocycles. The molecule has 6 nitrogen and oxygen atoms in total.